The fraction of sp³-hybridized carbons (Fsp3) is 0.900. The first-order chi connectivity index (χ1) is 7.10. The topological polar surface area (TPSA) is 61.8 Å². The lowest BCUT2D eigenvalue weighted by Crippen LogP contribution is -2.26. The maximum absolute atomic E-state index is 12.0. The van der Waals surface area contributed by atoms with Crippen molar-refractivity contribution in [3.63, 3.8) is 0 Å². The van der Waals surface area contributed by atoms with E-state index in [1.54, 1.807) is 13.8 Å². The summed E-state index contributed by atoms with van der Waals surface area (Å²) in [5.74, 6) is -0.683. The zero-order chi connectivity index (χ0) is 13.0. The number of rotatable bonds is 5. The second-order valence-electron chi connectivity index (χ2n) is 4.56. The van der Waals surface area contributed by atoms with E-state index in [9.17, 15) is 9.36 Å². The van der Waals surface area contributed by atoms with Gasteiger partial charge >= 0.3 is 13.8 Å². The second-order valence-corrected chi connectivity index (χ2v) is 6.11. The number of phosphoric ester groups is 1. The summed E-state index contributed by atoms with van der Waals surface area (Å²) in [7, 11) is -3.78. The van der Waals surface area contributed by atoms with Crippen LogP contribution in [0.3, 0.4) is 0 Å². The second kappa shape index (κ2) is 5.80. The van der Waals surface area contributed by atoms with Gasteiger partial charge < -0.3 is 4.52 Å². The number of hydrogen-bond acceptors (Lipinski definition) is 5. The molecule has 0 bridgehead atoms. The maximum Gasteiger partial charge on any atom is 0.532 e. The largest absolute Gasteiger partial charge is 0.532 e. The van der Waals surface area contributed by atoms with Crippen LogP contribution in [0.4, 0.5) is 0 Å². The molecule has 96 valence electrons. The number of carbonyl (C=O) groups excluding carboxylic acids is 1. The van der Waals surface area contributed by atoms with Gasteiger partial charge in [0.05, 0.1) is 12.7 Å². The van der Waals surface area contributed by atoms with Gasteiger partial charge in [0.15, 0.2) is 0 Å². The molecule has 0 aliphatic heterocycles. The average Bonchev–Trinajstić information content (AvgIpc) is 1.99. The molecule has 0 N–H and O–H groups in total. The minimum Gasteiger partial charge on any atom is -0.371 e. The third kappa shape index (κ3) is 5.64. The Morgan fingerprint density at radius 3 is 2.19 bits per heavy atom. The lowest BCUT2D eigenvalue weighted by Gasteiger charge is -2.29. The van der Waals surface area contributed by atoms with E-state index in [1.165, 1.54) is 0 Å². The number of phosphoric acid groups is 1. The maximum atomic E-state index is 12.0. The van der Waals surface area contributed by atoms with E-state index in [4.69, 9.17) is 9.05 Å². The summed E-state index contributed by atoms with van der Waals surface area (Å²) in [6.07, 6.45) is -0.357. The Balaban J connectivity index is 4.68. The molecule has 0 saturated carbocycles. The fourth-order valence-electron chi connectivity index (χ4n) is 0.746. The Kier molecular flexibility index (Phi) is 5.66. The number of carbonyl (C=O) groups is 1. The third-order valence-corrected chi connectivity index (χ3v) is 3.66. The van der Waals surface area contributed by atoms with Gasteiger partial charge in [0.25, 0.3) is 0 Å². The smallest absolute Gasteiger partial charge is 0.371 e. The highest BCUT2D eigenvalue weighted by atomic mass is 31.2. The Bertz CT molecular complexity index is 281. The minimum absolute atomic E-state index is 0.154. The van der Waals surface area contributed by atoms with Crippen molar-refractivity contribution in [2.24, 2.45) is 5.41 Å². The zero-order valence-corrected chi connectivity index (χ0v) is 11.7. The molecule has 16 heavy (non-hydrogen) atoms. The van der Waals surface area contributed by atoms with Crippen LogP contribution in [0.1, 0.15) is 41.5 Å². The molecule has 0 aliphatic carbocycles. The van der Waals surface area contributed by atoms with Crippen molar-refractivity contribution < 1.29 is 22.9 Å². The van der Waals surface area contributed by atoms with E-state index in [1.807, 2.05) is 20.8 Å². The minimum atomic E-state index is -3.78. The van der Waals surface area contributed by atoms with Gasteiger partial charge in [-0.25, -0.2) is 4.57 Å². The van der Waals surface area contributed by atoms with Crippen molar-refractivity contribution in [3.8, 4) is 0 Å². The van der Waals surface area contributed by atoms with Crippen molar-refractivity contribution in [3.05, 3.63) is 0 Å². The molecule has 0 aromatic carbocycles. The Morgan fingerprint density at radius 1 is 1.38 bits per heavy atom. The predicted molar refractivity (Wildman–Crippen MR) is 61.0 cm³/mol. The molecule has 0 amide bonds. The summed E-state index contributed by atoms with van der Waals surface area (Å²) in [6, 6.07) is 0. The average molecular weight is 252 g/mol. The molecule has 0 aromatic heterocycles. The summed E-state index contributed by atoms with van der Waals surface area (Å²) in [4.78, 5) is 10.8. The van der Waals surface area contributed by atoms with Crippen LogP contribution in [-0.4, -0.2) is 18.7 Å². The van der Waals surface area contributed by atoms with Crippen molar-refractivity contribution in [1.82, 2.24) is 0 Å². The van der Waals surface area contributed by atoms with Crippen LogP contribution in [0.2, 0.25) is 0 Å². The van der Waals surface area contributed by atoms with Crippen LogP contribution in [0.5, 0.6) is 0 Å². The van der Waals surface area contributed by atoms with Crippen LogP contribution in [0.15, 0.2) is 0 Å². The van der Waals surface area contributed by atoms with Crippen LogP contribution in [-0.2, 0) is 22.9 Å². The first-order valence-corrected chi connectivity index (χ1v) is 6.70. The van der Waals surface area contributed by atoms with E-state index in [0.29, 0.717) is 0 Å². The van der Waals surface area contributed by atoms with Crippen LogP contribution in [0, 0.1) is 5.41 Å². The highest BCUT2D eigenvalue weighted by Crippen LogP contribution is 2.52. The first-order valence-electron chi connectivity index (χ1n) is 5.24. The summed E-state index contributed by atoms with van der Waals surface area (Å²) in [6.45, 7) is 10.5. The Morgan fingerprint density at radius 2 is 1.88 bits per heavy atom. The Hall–Kier alpha value is -0.380. The van der Waals surface area contributed by atoms with E-state index in [-0.39, 0.29) is 18.1 Å². The molecule has 0 rings (SSSR count). The van der Waals surface area contributed by atoms with Crippen LogP contribution >= 0.6 is 7.82 Å². The summed E-state index contributed by atoms with van der Waals surface area (Å²) in [5.41, 5.74) is -0.215. The molecule has 2 unspecified atom stereocenters. The van der Waals surface area contributed by atoms with Gasteiger partial charge in [0, 0.05) is 6.92 Å². The SMILES string of the molecule is CCOP(=O)(OC(C)=O)OC(C)C(C)(C)C. The van der Waals surface area contributed by atoms with Crippen molar-refractivity contribution in [1.29, 1.82) is 0 Å². The predicted octanol–water partition coefficient (Wildman–Crippen LogP) is 3.15. The lowest BCUT2D eigenvalue weighted by atomic mass is 9.91. The van der Waals surface area contributed by atoms with Gasteiger partial charge in [-0.3, -0.25) is 13.8 Å². The lowest BCUT2D eigenvalue weighted by molar-refractivity contribution is -0.134. The monoisotopic (exact) mass is 252 g/mol. The molecule has 0 aromatic rings. The molecule has 0 saturated heterocycles. The first kappa shape index (κ1) is 15.6. The Labute approximate surface area is 97.1 Å². The van der Waals surface area contributed by atoms with Gasteiger partial charge in [-0.2, -0.15) is 0 Å². The quantitative estimate of drug-likeness (QED) is 0.703. The van der Waals surface area contributed by atoms with Crippen LogP contribution < -0.4 is 0 Å². The summed E-state index contributed by atoms with van der Waals surface area (Å²) < 4.78 is 26.7. The molecular formula is C10H21O5P. The fourth-order valence-corrected chi connectivity index (χ4v) is 2.24. The van der Waals surface area contributed by atoms with E-state index >= 15 is 0 Å². The van der Waals surface area contributed by atoms with Crippen molar-refractivity contribution >= 4 is 13.8 Å². The standard InChI is InChI=1S/C10H21O5P/c1-7-13-16(12,15-9(3)11)14-8(2)10(4,5)6/h8H,7H2,1-6H3. The van der Waals surface area contributed by atoms with E-state index in [0.717, 1.165) is 6.92 Å². The van der Waals surface area contributed by atoms with Crippen LogP contribution in [0.25, 0.3) is 0 Å². The van der Waals surface area contributed by atoms with Gasteiger partial charge in [0.2, 0.25) is 0 Å². The molecule has 0 aliphatic rings. The molecule has 2 atom stereocenters. The molecule has 0 spiro atoms. The van der Waals surface area contributed by atoms with Crippen molar-refractivity contribution in [2.75, 3.05) is 6.61 Å². The molecule has 0 fully saturated rings. The zero-order valence-electron chi connectivity index (χ0n) is 10.8. The summed E-state index contributed by atoms with van der Waals surface area (Å²) in [5, 5.41) is 0. The van der Waals surface area contributed by atoms with Gasteiger partial charge in [-0.15, -0.1) is 0 Å². The molecule has 0 heterocycles. The normalized spacial score (nSPS) is 17.6. The van der Waals surface area contributed by atoms with Gasteiger partial charge in [0.1, 0.15) is 0 Å². The summed E-state index contributed by atoms with van der Waals surface area (Å²) >= 11 is 0. The molecule has 6 heteroatoms. The van der Waals surface area contributed by atoms with Gasteiger partial charge in [-0.1, -0.05) is 20.8 Å². The number of hydrogen-bond donors (Lipinski definition) is 0. The molecule has 0 radical (unpaired) electrons. The highest BCUT2D eigenvalue weighted by Gasteiger charge is 2.35. The van der Waals surface area contributed by atoms with E-state index in [2.05, 4.69) is 4.52 Å². The van der Waals surface area contributed by atoms with Gasteiger partial charge in [-0.05, 0) is 19.3 Å². The van der Waals surface area contributed by atoms with E-state index < -0.39 is 13.8 Å². The molecule has 5 nitrogen and oxygen atoms in total. The third-order valence-electron chi connectivity index (χ3n) is 2.03. The molecular weight excluding hydrogens is 231 g/mol. The van der Waals surface area contributed by atoms with Crippen molar-refractivity contribution in [2.45, 2.75) is 47.6 Å². The highest BCUT2D eigenvalue weighted by molar-refractivity contribution is 7.49.